The molecular formula is C9H7Cl2N3. The predicted octanol–water partition coefficient (Wildman–Crippen LogP) is 2.79. The zero-order valence-electron chi connectivity index (χ0n) is 7.41. The van der Waals surface area contributed by atoms with Crippen LogP contribution in [0.4, 0.5) is 0 Å². The highest BCUT2D eigenvalue weighted by Gasteiger charge is 2.08. The van der Waals surface area contributed by atoms with Crippen molar-refractivity contribution in [2.75, 3.05) is 0 Å². The normalized spacial score (nSPS) is 10.5. The van der Waals surface area contributed by atoms with E-state index in [1.165, 1.54) is 0 Å². The minimum Gasteiger partial charge on any atom is -0.334 e. The Morgan fingerprint density at radius 3 is 2.64 bits per heavy atom. The van der Waals surface area contributed by atoms with Gasteiger partial charge >= 0.3 is 0 Å². The van der Waals surface area contributed by atoms with Crippen molar-refractivity contribution in [3.05, 3.63) is 34.8 Å². The SMILES string of the molecule is Cn1ccnc1-c1cnc(Cl)cc1Cl. The molecule has 0 saturated heterocycles. The summed E-state index contributed by atoms with van der Waals surface area (Å²) >= 11 is 11.7. The quantitative estimate of drug-likeness (QED) is 0.702. The zero-order valence-corrected chi connectivity index (χ0v) is 8.92. The van der Waals surface area contributed by atoms with Gasteiger partial charge in [0, 0.05) is 25.6 Å². The molecule has 0 aliphatic rings. The van der Waals surface area contributed by atoms with Crippen molar-refractivity contribution >= 4 is 23.2 Å². The highest BCUT2D eigenvalue weighted by Crippen LogP contribution is 2.26. The molecule has 2 heterocycles. The molecule has 3 nitrogen and oxygen atoms in total. The number of aryl methyl sites for hydroxylation is 1. The first-order chi connectivity index (χ1) is 6.68. The van der Waals surface area contributed by atoms with E-state index in [9.17, 15) is 0 Å². The monoisotopic (exact) mass is 227 g/mol. The molecule has 2 aromatic heterocycles. The van der Waals surface area contributed by atoms with E-state index in [2.05, 4.69) is 9.97 Å². The minimum atomic E-state index is 0.382. The highest BCUT2D eigenvalue weighted by atomic mass is 35.5. The molecule has 0 bridgehead atoms. The maximum atomic E-state index is 6.02. The van der Waals surface area contributed by atoms with Crippen LogP contribution < -0.4 is 0 Å². The van der Waals surface area contributed by atoms with Crippen LogP contribution in [0.25, 0.3) is 11.4 Å². The third kappa shape index (κ3) is 1.61. The second-order valence-corrected chi connectivity index (χ2v) is 3.64. The molecule has 14 heavy (non-hydrogen) atoms. The average Bonchev–Trinajstić information content (AvgIpc) is 2.52. The Balaban J connectivity index is 2.58. The Bertz CT molecular complexity index is 465. The summed E-state index contributed by atoms with van der Waals surface area (Å²) in [6.07, 6.45) is 5.17. The molecule has 0 atom stereocenters. The predicted molar refractivity (Wildman–Crippen MR) is 56.5 cm³/mol. The Kier molecular flexibility index (Phi) is 2.44. The van der Waals surface area contributed by atoms with Gasteiger partial charge in [-0.05, 0) is 6.07 Å². The molecule has 0 fully saturated rings. The van der Waals surface area contributed by atoms with Crippen LogP contribution in [0.3, 0.4) is 0 Å². The summed E-state index contributed by atoms with van der Waals surface area (Å²) in [7, 11) is 1.90. The summed E-state index contributed by atoms with van der Waals surface area (Å²) in [5, 5.41) is 0.937. The summed E-state index contributed by atoms with van der Waals surface area (Å²) < 4.78 is 1.87. The van der Waals surface area contributed by atoms with E-state index in [0.29, 0.717) is 10.2 Å². The van der Waals surface area contributed by atoms with E-state index in [-0.39, 0.29) is 0 Å². The van der Waals surface area contributed by atoms with Crippen LogP contribution in [0.2, 0.25) is 10.2 Å². The number of rotatable bonds is 1. The van der Waals surface area contributed by atoms with Crippen molar-refractivity contribution in [2.45, 2.75) is 0 Å². The van der Waals surface area contributed by atoms with E-state index >= 15 is 0 Å². The van der Waals surface area contributed by atoms with Crippen LogP contribution in [0.15, 0.2) is 24.7 Å². The lowest BCUT2D eigenvalue weighted by molar-refractivity contribution is 0.923. The largest absolute Gasteiger partial charge is 0.334 e. The van der Waals surface area contributed by atoms with E-state index in [0.717, 1.165) is 11.4 Å². The van der Waals surface area contributed by atoms with Gasteiger partial charge in [-0.3, -0.25) is 0 Å². The van der Waals surface area contributed by atoms with Crippen LogP contribution in [0.1, 0.15) is 0 Å². The lowest BCUT2D eigenvalue weighted by Crippen LogP contribution is -1.92. The van der Waals surface area contributed by atoms with Gasteiger partial charge in [0.2, 0.25) is 0 Å². The molecule has 2 aromatic rings. The number of hydrogen-bond acceptors (Lipinski definition) is 2. The molecule has 5 heteroatoms. The van der Waals surface area contributed by atoms with E-state index in [1.807, 2.05) is 17.8 Å². The van der Waals surface area contributed by atoms with Gasteiger partial charge in [0.15, 0.2) is 0 Å². The van der Waals surface area contributed by atoms with Crippen LogP contribution in [-0.4, -0.2) is 14.5 Å². The molecule has 0 N–H and O–H groups in total. The number of pyridine rings is 1. The number of nitrogens with zero attached hydrogens (tertiary/aromatic N) is 3. The third-order valence-electron chi connectivity index (χ3n) is 1.88. The summed E-state index contributed by atoms with van der Waals surface area (Å²) in [6, 6.07) is 1.60. The van der Waals surface area contributed by atoms with Gasteiger partial charge in [0.1, 0.15) is 11.0 Å². The Labute approximate surface area is 91.3 Å². The minimum absolute atomic E-state index is 0.382. The fraction of sp³-hybridized carbons (Fsp3) is 0.111. The van der Waals surface area contributed by atoms with Gasteiger partial charge in [0.05, 0.1) is 10.6 Å². The fourth-order valence-corrected chi connectivity index (χ4v) is 1.65. The van der Waals surface area contributed by atoms with Crippen molar-refractivity contribution in [1.82, 2.24) is 14.5 Å². The van der Waals surface area contributed by atoms with Gasteiger partial charge in [-0.1, -0.05) is 23.2 Å². The van der Waals surface area contributed by atoms with Crippen molar-refractivity contribution in [3.8, 4) is 11.4 Å². The van der Waals surface area contributed by atoms with Crippen molar-refractivity contribution < 1.29 is 0 Å². The van der Waals surface area contributed by atoms with E-state index in [1.54, 1.807) is 18.5 Å². The maximum absolute atomic E-state index is 6.02. The van der Waals surface area contributed by atoms with Crippen molar-refractivity contribution in [3.63, 3.8) is 0 Å². The van der Waals surface area contributed by atoms with Crippen LogP contribution in [0.5, 0.6) is 0 Å². The van der Waals surface area contributed by atoms with Gasteiger partial charge in [-0.25, -0.2) is 9.97 Å². The van der Waals surface area contributed by atoms with Crippen molar-refractivity contribution in [2.24, 2.45) is 7.05 Å². The van der Waals surface area contributed by atoms with Gasteiger partial charge in [0.25, 0.3) is 0 Å². The Hall–Kier alpha value is -1.06. The molecule has 2 rings (SSSR count). The molecule has 0 radical (unpaired) electrons. The Morgan fingerprint density at radius 1 is 1.29 bits per heavy atom. The highest BCUT2D eigenvalue weighted by molar-refractivity contribution is 6.35. The summed E-state index contributed by atoms with van der Waals surface area (Å²) in [5.41, 5.74) is 0.781. The van der Waals surface area contributed by atoms with Crippen LogP contribution in [-0.2, 0) is 7.05 Å². The molecule has 0 aliphatic carbocycles. The van der Waals surface area contributed by atoms with Crippen molar-refractivity contribution in [1.29, 1.82) is 0 Å². The lowest BCUT2D eigenvalue weighted by Gasteiger charge is -2.03. The first-order valence-corrected chi connectivity index (χ1v) is 4.73. The standard InChI is InChI=1S/C9H7Cl2N3/c1-14-3-2-12-9(14)6-5-13-8(11)4-7(6)10/h2-5H,1H3. The fourth-order valence-electron chi connectivity index (χ4n) is 1.20. The summed E-state index contributed by atoms with van der Waals surface area (Å²) in [6.45, 7) is 0. The number of halogens is 2. The maximum Gasteiger partial charge on any atom is 0.142 e. The number of aromatic nitrogens is 3. The molecule has 0 saturated carbocycles. The molecule has 0 unspecified atom stereocenters. The van der Waals surface area contributed by atoms with Crippen LogP contribution in [0, 0.1) is 0 Å². The molecule has 0 aromatic carbocycles. The second-order valence-electron chi connectivity index (χ2n) is 2.85. The number of hydrogen-bond donors (Lipinski definition) is 0. The molecular weight excluding hydrogens is 221 g/mol. The van der Waals surface area contributed by atoms with Crippen LogP contribution >= 0.6 is 23.2 Å². The average molecular weight is 228 g/mol. The van der Waals surface area contributed by atoms with Gasteiger partial charge < -0.3 is 4.57 Å². The first-order valence-electron chi connectivity index (χ1n) is 3.97. The topological polar surface area (TPSA) is 30.7 Å². The smallest absolute Gasteiger partial charge is 0.142 e. The molecule has 0 amide bonds. The summed E-state index contributed by atoms with van der Waals surface area (Å²) in [5.74, 6) is 0.777. The molecule has 0 spiro atoms. The third-order valence-corrected chi connectivity index (χ3v) is 2.40. The molecule has 72 valence electrons. The second kappa shape index (κ2) is 3.59. The molecule has 0 aliphatic heterocycles. The first kappa shape index (κ1) is 9.49. The lowest BCUT2D eigenvalue weighted by atomic mass is 10.3. The van der Waals surface area contributed by atoms with E-state index < -0.39 is 0 Å². The summed E-state index contributed by atoms with van der Waals surface area (Å²) in [4.78, 5) is 8.14. The van der Waals surface area contributed by atoms with E-state index in [4.69, 9.17) is 23.2 Å². The Morgan fingerprint density at radius 2 is 2.07 bits per heavy atom. The van der Waals surface area contributed by atoms with Gasteiger partial charge in [-0.15, -0.1) is 0 Å². The number of imidazole rings is 1. The van der Waals surface area contributed by atoms with Gasteiger partial charge in [-0.2, -0.15) is 0 Å². The zero-order chi connectivity index (χ0) is 10.1.